The predicted octanol–water partition coefficient (Wildman–Crippen LogP) is 3.83. The average Bonchev–Trinajstić information content (AvgIpc) is 2.09. The lowest BCUT2D eigenvalue weighted by Crippen LogP contribution is -2.19. The van der Waals surface area contributed by atoms with Crippen LogP contribution in [-0.2, 0) is 0 Å². The molecule has 0 aromatic carbocycles. The number of rotatable bonds is 2. The molecular weight excluding hydrogens is 348 g/mol. The standard InChI is InChI=1S/C8H5F5INO/c1-3-6(16-8(11,12)13)4(14)2-5(15-3)7(9)10/h2,7H,1H3. The Morgan fingerprint density at radius 2 is 1.94 bits per heavy atom. The van der Waals surface area contributed by atoms with Gasteiger partial charge in [0, 0.05) is 0 Å². The zero-order valence-electron chi connectivity index (χ0n) is 7.78. The second kappa shape index (κ2) is 4.68. The van der Waals surface area contributed by atoms with E-state index in [-0.39, 0.29) is 9.26 Å². The summed E-state index contributed by atoms with van der Waals surface area (Å²) in [7, 11) is 0. The highest BCUT2D eigenvalue weighted by molar-refractivity contribution is 14.1. The Morgan fingerprint density at radius 1 is 1.38 bits per heavy atom. The molecule has 1 aromatic heterocycles. The van der Waals surface area contributed by atoms with Gasteiger partial charge in [-0.2, -0.15) is 0 Å². The molecule has 1 aromatic rings. The SMILES string of the molecule is Cc1nc(C(F)F)cc(I)c1OC(F)(F)F. The predicted molar refractivity (Wildman–Crippen MR) is 53.3 cm³/mol. The van der Waals surface area contributed by atoms with Gasteiger partial charge in [0.2, 0.25) is 0 Å². The van der Waals surface area contributed by atoms with E-state index in [1.807, 2.05) is 0 Å². The third kappa shape index (κ3) is 3.42. The van der Waals surface area contributed by atoms with E-state index >= 15 is 0 Å². The number of alkyl halides is 5. The Balaban J connectivity index is 3.13. The molecule has 0 bridgehead atoms. The molecule has 0 aliphatic carbocycles. The molecule has 0 spiro atoms. The zero-order valence-corrected chi connectivity index (χ0v) is 9.94. The third-order valence-electron chi connectivity index (χ3n) is 1.56. The largest absolute Gasteiger partial charge is 0.573 e. The molecule has 0 radical (unpaired) electrons. The van der Waals surface area contributed by atoms with Gasteiger partial charge >= 0.3 is 6.36 Å². The van der Waals surface area contributed by atoms with Gasteiger partial charge in [0.1, 0.15) is 5.69 Å². The minimum atomic E-state index is -4.86. The van der Waals surface area contributed by atoms with Crippen LogP contribution in [0.25, 0.3) is 0 Å². The highest BCUT2D eigenvalue weighted by atomic mass is 127. The van der Waals surface area contributed by atoms with Crippen molar-refractivity contribution < 1.29 is 26.7 Å². The zero-order chi connectivity index (χ0) is 12.5. The van der Waals surface area contributed by atoms with E-state index in [2.05, 4.69) is 9.72 Å². The van der Waals surface area contributed by atoms with Crippen molar-refractivity contribution >= 4 is 22.6 Å². The maximum Gasteiger partial charge on any atom is 0.573 e. The molecule has 0 saturated carbocycles. The number of pyridine rings is 1. The normalized spacial score (nSPS) is 12.0. The molecule has 16 heavy (non-hydrogen) atoms. The van der Waals surface area contributed by atoms with Crippen LogP contribution in [0.5, 0.6) is 5.75 Å². The molecule has 0 aliphatic rings. The van der Waals surface area contributed by atoms with Gasteiger partial charge in [-0.25, -0.2) is 13.8 Å². The Kier molecular flexibility index (Phi) is 3.92. The van der Waals surface area contributed by atoms with E-state index in [1.165, 1.54) is 29.5 Å². The first-order chi connectivity index (χ1) is 7.20. The lowest BCUT2D eigenvalue weighted by Gasteiger charge is -2.13. The van der Waals surface area contributed by atoms with E-state index in [9.17, 15) is 22.0 Å². The molecule has 0 unspecified atom stereocenters. The van der Waals surface area contributed by atoms with Crippen molar-refractivity contribution in [1.82, 2.24) is 4.98 Å². The fourth-order valence-electron chi connectivity index (χ4n) is 0.995. The Labute approximate surface area is 101 Å². The minimum absolute atomic E-state index is 0.0577. The number of aryl methyl sites for hydroxylation is 1. The van der Waals surface area contributed by atoms with Crippen LogP contribution in [0.1, 0.15) is 17.8 Å². The summed E-state index contributed by atoms with van der Waals surface area (Å²) in [6, 6.07) is 0.860. The Bertz CT molecular complexity index is 370. The summed E-state index contributed by atoms with van der Waals surface area (Å²) in [4.78, 5) is 3.34. The van der Waals surface area contributed by atoms with Crippen molar-refractivity contribution in [2.45, 2.75) is 19.7 Å². The van der Waals surface area contributed by atoms with E-state index in [1.54, 1.807) is 0 Å². The van der Waals surface area contributed by atoms with Crippen LogP contribution in [0.15, 0.2) is 6.07 Å². The second-order valence-corrected chi connectivity index (χ2v) is 3.95. The Morgan fingerprint density at radius 3 is 2.31 bits per heavy atom. The van der Waals surface area contributed by atoms with Crippen LogP contribution in [0.4, 0.5) is 22.0 Å². The molecule has 0 amide bonds. The fraction of sp³-hybridized carbons (Fsp3) is 0.375. The van der Waals surface area contributed by atoms with Crippen LogP contribution in [0, 0.1) is 10.5 Å². The van der Waals surface area contributed by atoms with Gasteiger partial charge < -0.3 is 4.74 Å². The molecule has 0 atom stereocenters. The first kappa shape index (κ1) is 13.4. The fourth-order valence-corrected chi connectivity index (χ4v) is 1.81. The number of hydrogen-bond donors (Lipinski definition) is 0. The van der Waals surface area contributed by atoms with Gasteiger partial charge in [0.05, 0.1) is 9.26 Å². The quantitative estimate of drug-likeness (QED) is 0.596. The summed E-state index contributed by atoms with van der Waals surface area (Å²) in [5.41, 5.74) is -0.795. The van der Waals surface area contributed by atoms with Gasteiger partial charge in [0.15, 0.2) is 5.75 Å². The van der Waals surface area contributed by atoms with Gasteiger partial charge in [-0.3, -0.25) is 0 Å². The van der Waals surface area contributed by atoms with Crippen molar-refractivity contribution in [2.24, 2.45) is 0 Å². The molecular formula is C8H5F5INO. The maximum atomic E-state index is 12.3. The van der Waals surface area contributed by atoms with Crippen LogP contribution in [0.2, 0.25) is 0 Å². The van der Waals surface area contributed by atoms with Gasteiger partial charge in [-0.1, -0.05) is 0 Å². The summed E-state index contributed by atoms with van der Waals surface area (Å²) in [6.45, 7) is 1.18. The van der Waals surface area contributed by atoms with Gasteiger partial charge in [-0.05, 0) is 35.6 Å². The molecule has 90 valence electrons. The number of ether oxygens (including phenoxy) is 1. The number of halogens is 6. The molecule has 0 aliphatic heterocycles. The van der Waals surface area contributed by atoms with Gasteiger partial charge in [0.25, 0.3) is 6.43 Å². The van der Waals surface area contributed by atoms with E-state index in [0.29, 0.717) is 0 Å². The molecule has 0 N–H and O–H groups in total. The first-order valence-corrected chi connectivity index (χ1v) is 4.99. The van der Waals surface area contributed by atoms with E-state index in [0.717, 1.165) is 6.07 Å². The van der Waals surface area contributed by atoms with Crippen LogP contribution in [-0.4, -0.2) is 11.3 Å². The van der Waals surface area contributed by atoms with Crippen molar-refractivity contribution in [3.8, 4) is 5.75 Å². The Hall–Kier alpha value is -0.670. The monoisotopic (exact) mass is 353 g/mol. The topological polar surface area (TPSA) is 22.1 Å². The summed E-state index contributed by atoms with van der Waals surface area (Å²) in [6.07, 6.45) is -7.69. The second-order valence-electron chi connectivity index (χ2n) is 2.79. The summed E-state index contributed by atoms with van der Waals surface area (Å²) >= 11 is 1.49. The number of hydrogen-bond acceptors (Lipinski definition) is 2. The van der Waals surface area contributed by atoms with Crippen molar-refractivity contribution in [1.29, 1.82) is 0 Å². The molecule has 0 saturated heterocycles. The van der Waals surface area contributed by atoms with Crippen LogP contribution < -0.4 is 4.74 Å². The molecule has 1 rings (SSSR count). The summed E-state index contributed by atoms with van der Waals surface area (Å²) in [5, 5.41) is 0. The molecule has 0 fully saturated rings. The van der Waals surface area contributed by atoms with E-state index in [4.69, 9.17) is 0 Å². The van der Waals surface area contributed by atoms with Crippen LogP contribution >= 0.6 is 22.6 Å². The number of aromatic nitrogens is 1. The highest BCUT2D eigenvalue weighted by Gasteiger charge is 2.33. The number of nitrogens with zero attached hydrogens (tertiary/aromatic N) is 1. The van der Waals surface area contributed by atoms with E-state index < -0.39 is 24.2 Å². The molecule has 2 nitrogen and oxygen atoms in total. The van der Waals surface area contributed by atoms with Crippen molar-refractivity contribution in [2.75, 3.05) is 0 Å². The lowest BCUT2D eigenvalue weighted by atomic mass is 10.3. The van der Waals surface area contributed by atoms with Crippen LogP contribution in [0.3, 0.4) is 0 Å². The molecule has 1 heterocycles. The first-order valence-electron chi connectivity index (χ1n) is 3.91. The smallest absolute Gasteiger partial charge is 0.403 e. The maximum absolute atomic E-state index is 12.3. The third-order valence-corrected chi connectivity index (χ3v) is 2.36. The van der Waals surface area contributed by atoms with Crippen molar-refractivity contribution in [3.05, 3.63) is 21.0 Å². The lowest BCUT2D eigenvalue weighted by molar-refractivity contribution is -0.275. The average molecular weight is 353 g/mol. The summed E-state index contributed by atoms with van der Waals surface area (Å²) < 4.78 is 64.0. The highest BCUT2D eigenvalue weighted by Crippen LogP contribution is 2.32. The summed E-state index contributed by atoms with van der Waals surface area (Å²) in [5.74, 6) is -0.544. The molecule has 8 heteroatoms. The minimum Gasteiger partial charge on any atom is -0.403 e. The van der Waals surface area contributed by atoms with Gasteiger partial charge in [-0.15, -0.1) is 13.2 Å². The van der Waals surface area contributed by atoms with Crippen molar-refractivity contribution in [3.63, 3.8) is 0 Å².